The van der Waals surface area contributed by atoms with Crippen LogP contribution in [0.4, 0.5) is 4.79 Å². The zero-order valence-electron chi connectivity index (χ0n) is 11.9. The molecule has 0 fully saturated rings. The highest BCUT2D eigenvalue weighted by Gasteiger charge is 2.12. The van der Waals surface area contributed by atoms with Crippen LogP contribution in [-0.2, 0) is 0 Å². The number of carbonyl (C=O) groups is 1. The Morgan fingerprint density at radius 3 is 2.70 bits per heavy atom. The topological polar surface area (TPSA) is 70.6 Å². The Hall–Kier alpha value is -1.27. The lowest BCUT2D eigenvalue weighted by Gasteiger charge is -2.17. The Morgan fingerprint density at radius 2 is 2.15 bits per heavy atom. The Bertz CT molecular complexity index is 452. The van der Waals surface area contributed by atoms with Crippen molar-refractivity contribution in [3.63, 3.8) is 0 Å². The highest BCUT2D eigenvalue weighted by Crippen LogP contribution is 2.27. The Balaban J connectivity index is 2.53. The molecule has 1 rings (SSSR count). The fourth-order valence-corrected chi connectivity index (χ4v) is 2.41. The molecule has 0 bridgehead atoms. The molecule has 0 radical (unpaired) electrons. The van der Waals surface area contributed by atoms with Gasteiger partial charge in [0.2, 0.25) is 0 Å². The van der Waals surface area contributed by atoms with E-state index in [1.165, 1.54) is 0 Å². The van der Waals surface area contributed by atoms with Crippen molar-refractivity contribution in [2.75, 3.05) is 13.7 Å². The maximum atomic E-state index is 11.7. The third-order valence-electron chi connectivity index (χ3n) is 2.87. The second kappa shape index (κ2) is 8.11. The van der Waals surface area contributed by atoms with Gasteiger partial charge in [-0.2, -0.15) is 0 Å². The van der Waals surface area contributed by atoms with Gasteiger partial charge in [-0.15, -0.1) is 0 Å². The SMILES string of the molecule is COc1ccc([C@H](C)NC(=O)NCC[C@@H](C)O)c(Br)c1. The first-order valence-electron chi connectivity index (χ1n) is 6.50. The van der Waals surface area contributed by atoms with Crippen molar-refractivity contribution >= 4 is 22.0 Å². The second-order valence-electron chi connectivity index (χ2n) is 4.65. The van der Waals surface area contributed by atoms with Crippen LogP contribution >= 0.6 is 15.9 Å². The summed E-state index contributed by atoms with van der Waals surface area (Å²) >= 11 is 3.47. The van der Waals surface area contributed by atoms with Gasteiger partial charge < -0.3 is 20.5 Å². The molecule has 0 aliphatic rings. The lowest BCUT2D eigenvalue weighted by molar-refractivity contribution is 0.183. The summed E-state index contributed by atoms with van der Waals surface area (Å²) in [6, 6.07) is 5.23. The monoisotopic (exact) mass is 344 g/mol. The molecular weight excluding hydrogens is 324 g/mol. The number of aliphatic hydroxyl groups is 1. The molecule has 6 heteroatoms. The molecule has 2 amide bonds. The van der Waals surface area contributed by atoms with Crippen LogP contribution < -0.4 is 15.4 Å². The molecule has 0 heterocycles. The van der Waals surface area contributed by atoms with Gasteiger partial charge in [0, 0.05) is 11.0 Å². The summed E-state index contributed by atoms with van der Waals surface area (Å²) in [5.74, 6) is 0.759. The summed E-state index contributed by atoms with van der Waals surface area (Å²) < 4.78 is 6.02. The van der Waals surface area contributed by atoms with Crippen molar-refractivity contribution in [3.8, 4) is 5.75 Å². The van der Waals surface area contributed by atoms with E-state index < -0.39 is 6.10 Å². The number of urea groups is 1. The lowest BCUT2D eigenvalue weighted by atomic mass is 10.1. The predicted molar refractivity (Wildman–Crippen MR) is 81.9 cm³/mol. The standard InChI is InChI=1S/C14H21BrN2O3/c1-9(18)6-7-16-14(19)17-10(2)12-5-4-11(20-3)8-13(12)15/h4-5,8-10,18H,6-7H2,1-3H3,(H2,16,17,19)/t9-,10+/m1/s1. The molecule has 5 nitrogen and oxygen atoms in total. The normalized spacial score (nSPS) is 13.4. The average Bonchev–Trinajstić information content (AvgIpc) is 2.37. The van der Waals surface area contributed by atoms with Gasteiger partial charge in [0.15, 0.2) is 0 Å². The minimum atomic E-state index is -0.413. The molecular formula is C14H21BrN2O3. The van der Waals surface area contributed by atoms with Gasteiger partial charge >= 0.3 is 6.03 Å². The van der Waals surface area contributed by atoms with E-state index in [1.54, 1.807) is 14.0 Å². The quantitative estimate of drug-likeness (QED) is 0.742. The van der Waals surface area contributed by atoms with Gasteiger partial charge in [0.05, 0.1) is 19.3 Å². The van der Waals surface area contributed by atoms with Crippen LogP contribution in [0.15, 0.2) is 22.7 Å². The zero-order chi connectivity index (χ0) is 15.1. The fourth-order valence-electron chi connectivity index (χ4n) is 1.71. The minimum Gasteiger partial charge on any atom is -0.497 e. The van der Waals surface area contributed by atoms with Crippen molar-refractivity contribution in [3.05, 3.63) is 28.2 Å². The molecule has 0 saturated carbocycles. The maximum absolute atomic E-state index is 11.7. The van der Waals surface area contributed by atoms with Gasteiger partial charge in [-0.1, -0.05) is 22.0 Å². The summed E-state index contributed by atoms with van der Waals surface area (Å²) in [4.78, 5) is 11.7. The predicted octanol–water partition coefficient (Wildman–Crippen LogP) is 2.59. The van der Waals surface area contributed by atoms with Crippen LogP contribution in [0.1, 0.15) is 31.9 Å². The smallest absolute Gasteiger partial charge is 0.315 e. The average molecular weight is 345 g/mol. The van der Waals surface area contributed by atoms with Gasteiger partial charge in [0.25, 0.3) is 0 Å². The van der Waals surface area contributed by atoms with Crippen molar-refractivity contribution < 1.29 is 14.6 Å². The third kappa shape index (κ3) is 5.38. The van der Waals surface area contributed by atoms with E-state index in [0.717, 1.165) is 15.8 Å². The van der Waals surface area contributed by atoms with Crippen LogP contribution in [0.25, 0.3) is 0 Å². The van der Waals surface area contributed by atoms with Crippen molar-refractivity contribution in [1.29, 1.82) is 0 Å². The molecule has 0 saturated heterocycles. The Labute approximate surface area is 127 Å². The summed E-state index contributed by atoms with van der Waals surface area (Å²) in [6.45, 7) is 4.04. The number of hydrogen-bond acceptors (Lipinski definition) is 3. The highest BCUT2D eigenvalue weighted by atomic mass is 79.9. The van der Waals surface area contributed by atoms with E-state index in [4.69, 9.17) is 9.84 Å². The third-order valence-corrected chi connectivity index (χ3v) is 3.56. The molecule has 0 unspecified atom stereocenters. The zero-order valence-corrected chi connectivity index (χ0v) is 13.5. The summed E-state index contributed by atoms with van der Waals surface area (Å²) in [6.07, 6.45) is 0.122. The van der Waals surface area contributed by atoms with Crippen LogP contribution in [-0.4, -0.2) is 30.9 Å². The summed E-state index contributed by atoms with van der Waals surface area (Å²) in [5.41, 5.74) is 0.969. The van der Waals surface area contributed by atoms with Gasteiger partial charge in [-0.25, -0.2) is 4.79 Å². The number of rotatable bonds is 6. The van der Waals surface area contributed by atoms with E-state index in [9.17, 15) is 4.79 Å². The second-order valence-corrected chi connectivity index (χ2v) is 5.50. The number of aliphatic hydroxyl groups excluding tert-OH is 1. The number of amides is 2. The van der Waals surface area contributed by atoms with Gasteiger partial charge in [0.1, 0.15) is 5.75 Å². The molecule has 0 aromatic heterocycles. The molecule has 112 valence electrons. The first kappa shape index (κ1) is 16.8. The number of benzene rings is 1. The number of ether oxygens (including phenoxy) is 1. The van der Waals surface area contributed by atoms with Gasteiger partial charge in [-0.05, 0) is 38.0 Å². The first-order chi connectivity index (χ1) is 9.43. The van der Waals surface area contributed by atoms with E-state index in [0.29, 0.717) is 13.0 Å². The van der Waals surface area contributed by atoms with E-state index in [2.05, 4.69) is 26.6 Å². The van der Waals surface area contributed by atoms with E-state index in [1.807, 2.05) is 25.1 Å². The fraction of sp³-hybridized carbons (Fsp3) is 0.500. The minimum absolute atomic E-state index is 0.137. The molecule has 20 heavy (non-hydrogen) atoms. The van der Waals surface area contributed by atoms with Crippen LogP contribution in [0.5, 0.6) is 5.75 Å². The lowest BCUT2D eigenvalue weighted by Crippen LogP contribution is -2.38. The van der Waals surface area contributed by atoms with Crippen molar-refractivity contribution in [2.24, 2.45) is 0 Å². The highest BCUT2D eigenvalue weighted by molar-refractivity contribution is 9.10. The van der Waals surface area contributed by atoms with Gasteiger partial charge in [-0.3, -0.25) is 0 Å². The molecule has 0 spiro atoms. The van der Waals surface area contributed by atoms with E-state index in [-0.39, 0.29) is 12.1 Å². The van der Waals surface area contributed by atoms with Crippen molar-refractivity contribution in [1.82, 2.24) is 10.6 Å². The van der Waals surface area contributed by atoms with Crippen LogP contribution in [0.3, 0.4) is 0 Å². The number of nitrogens with one attached hydrogen (secondary N) is 2. The Morgan fingerprint density at radius 1 is 1.45 bits per heavy atom. The largest absolute Gasteiger partial charge is 0.497 e. The molecule has 2 atom stereocenters. The summed E-state index contributed by atoms with van der Waals surface area (Å²) in [7, 11) is 1.61. The number of methoxy groups -OCH3 is 1. The van der Waals surface area contributed by atoms with Crippen LogP contribution in [0.2, 0.25) is 0 Å². The molecule has 3 N–H and O–H groups in total. The van der Waals surface area contributed by atoms with Crippen LogP contribution in [0, 0.1) is 0 Å². The number of carbonyl (C=O) groups excluding carboxylic acids is 1. The number of halogens is 1. The first-order valence-corrected chi connectivity index (χ1v) is 7.29. The van der Waals surface area contributed by atoms with E-state index >= 15 is 0 Å². The summed E-state index contributed by atoms with van der Waals surface area (Å²) in [5, 5.41) is 14.7. The molecule has 1 aromatic rings. The number of hydrogen-bond donors (Lipinski definition) is 3. The van der Waals surface area contributed by atoms with Crippen molar-refractivity contribution in [2.45, 2.75) is 32.4 Å². The molecule has 0 aliphatic carbocycles. The Kier molecular flexibility index (Phi) is 6.81. The molecule has 1 aromatic carbocycles. The maximum Gasteiger partial charge on any atom is 0.315 e. The molecule has 0 aliphatic heterocycles.